The minimum Gasteiger partial charge on any atom is -0.477 e. The van der Waals surface area contributed by atoms with Crippen LogP contribution in [0.1, 0.15) is 30.3 Å². The number of rotatable bonds is 4. The Kier molecular flexibility index (Phi) is 3.45. The molecule has 0 bridgehead atoms. The lowest BCUT2D eigenvalue weighted by molar-refractivity contribution is 0.0690. The summed E-state index contributed by atoms with van der Waals surface area (Å²) in [5.74, 6) is -0.502. The highest BCUT2D eigenvalue weighted by Crippen LogP contribution is 2.32. The fourth-order valence-corrected chi connectivity index (χ4v) is 1.81. The summed E-state index contributed by atoms with van der Waals surface area (Å²) in [7, 11) is 0. The number of nitrogens with one attached hydrogen (secondary N) is 2. The third kappa shape index (κ3) is 2.97. The van der Waals surface area contributed by atoms with Crippen LogP contribution >= 0.6 is 0 Å². The Hall–Kier alpha value is -2.11. The number of hydrogen-bond donors (Lipinski definition) is 3. The van der Waals surface area contributed by atoms with Gasteiger partial charge in [0.2, 0.25) is 0 Å². The SMILES string of the molecule is CCC1CC1NC(=O)Nc1ccc(C(=O)O)nc1. The predicted octanol–water partition coefficient (Wildman–Crippen LogP) is 1.70. The maximum absolute atomic E-state index is 11.6. The number of anilines is 1. The van der Waals surface area contributed by atoms with Crippen molar-refractivity contribution in [2.75, 3.05) is 5.32 Å². The summed E-state index contributed by atoms with van der Waals surface area (Å²) in [6.07, 6.45) is 3.42. The lowest BCUT2D eigenvalue weighted by Gasteiger charge is -2.06. The second-order valence-electron chi connectivity index (χ2n) is 4.35. The van der Waals surface area contributed by atoms with Crippen LogP contribution in [0.3, 0.4) is 0 Å². The summed E-state index contributed by atoms with van der Waals surface area (Å²) in [6.45, 7) is 2.10. The first kappa shape index (κ1) is 12.3. The van der Waals surface area contributed by atoms with Gasteiger partial charge >= 0.3 is 12.0 Å². The van der Waals surface area contributed by atoms with Crippen LogP contribution in [0.15, 0.2) is 18.3 Å². The van der Waals surface area contributed by atoms with Crippen molar-refractivity contribution in [2.45, 2.75) is 25.8 Å². The van der Waals surface area contributed by atoms with E-state index in [0.717, 1.165) is 12.8 Å². The third-order valence-corrected chi connectivity index (χ3v) is 3.00. The Balaban J connectivity index is 1.85. The average Bonchev–Trinajstić information content (AvgIpc) is 3.08. The summed E-state index contributed by atoms with van der Waals surface area (Å²) in [5.41, 5.74) is 0.431. The minimum absolute atomic E-state index is 0.0470. The van der Waals surface area contributed by atoms with Crippen molar-refractivity contribution in [2.24, 2.45) is 5.92 Å². The molecule has 3 N–H and O–H groups in total. The topological polar surface area (TPSA) is 91.3 Å². The second kappa shape index (κ2) is 5.03. The van der Waals surface area contributed by atoms with Crippen LogP contribution in [-0.2, 0) is 0 Å². The number of carboxylic acids is 1. The smallest absolute Gasteiger partial charge is 0.354 e. The molecule has 0 aliphatic heterocycles. The Morgan fingerprint density at radius 2 is 2.28 bits per heavy atom. The number of urea groups is 1. The van der Waals surface area contributed by atoms with Crippen LogP contribution in [0.4, 0.5) is 10.5 Å². The fraction of sp³-hybridized carbons (Fsp3) is 0.417. The Labute approximate surface area is 104 Å². The number of pyridine rings is 1. The van der Waals surface area contributed by atoms with Crippen molar-refractivity contribution < 1.29 is 14.7 Å². The van der Waals surface area contributed by atoms with E-state index in [1.165, 1.54) is 18.3 Å². The maximum Gasteiger partial charge on any atom is 0.354 e. The summed E-state index contributed by atoms with van der Waals surface area (Å²) in [4.78, 5) is 25.9. The van der Waals surface area contributed by atoms with Gasteiger partial charge in [0.05, 0.1) is 11.9 Å². The first-order valence-corrected chi connectivity index (χ1v) is 5.87. The number of hydrogen-bond acceptors (Lipinski definition) is 3. The van der Waals surface area contributed by atoms with E-state index in [1.54, 1.807) is 0 Å². The van der Waals surface area contributed by atoms with Crippen molar-refractivity contribution in [1.29, 1.82) is 0 Å². The van der Waals surface area contributed by atoms with Gasteiger partial charge < -0.3 is 15.7 Å². The summed E-state index contributed by atoms with van der Waals surface area (Å²) in [5, 5.41) is 14.1. The van der Waals surface area contributed by atoms with Gasteiger partial charge in [-0.2, -0.15) is 0 Å². The molecule has 0 radical (unpaired) electrons. The monoisotopic (exact) mass is 249 g/mol. The third-order valence-electron chi connectivity index (χ3n) is 3.00. The quantitative estimate of drug-likeness (QED) is 0.757. The summed E-state index contributed by atoms with van der Waals surface area (Å²) < 4.78 is 0. The van der Waals surface area contributed by atoms with Crippen LogP contribution in [0.25, 0.3) is 0 Å². The molecule has 6 heteroatoms. The van der Waals surface area contributed by atoms with E-state index in [0.29, 0.717) is 11.6 Å². The number of carboxylic acid groups (broad SMARTS) is 1. The number of amides is 2. The van der Waals surface area contributed by atoms with Crippen LogP contribution in [0.2, 0.25) is 0 Å². The fourth-order valence-electron chi connectivity index (χ4n) is 1.81. The van der Waals surface area contributed by atoms with Gasteiger partial charge in [0, 0.05) is 6.04 Å². The zero-order valence-electron chi connectivity index (χ0n) is 10.0. The summed E-state index contributed by atoms with van der Waals surface area (Å²) in [6, 6.07) is 2.85. The van der Waals surface area contributed by atoms with Crippen molar-refractivity contribution in [3.63, 3.8) is 0 Å². The molecule has 96 valence electrons. The highest BCUT2D eigenvalue weighted by atomic mass is 16.4. The van der Waals surface area contributed by atoms with Gasteiger partial charge in [0.15, 0.2) is 0 Å². The van der Waals surface area contributed by atoms with Crippen LogP contribution in [-0.4, -0.2) is 28.1 Å². The number of nitrogens with zero attached hydrogens (tertiary/aromatic N) is 1. The molecule has 18 heavy (non-hydrogen) atoms. The normalized spacial score (nSPS) is 21.2. The largest absolute Gasteiger partial charge is 0.477 e. The lowest BCUT2D eigenvalue weighted by atomic mass is 10.3. The van der Waals surface area contributed by atoms with Crippen molar-refractivity contribution >= 4 is 17.7 Å². The molecule has 2 atom stereocenters. The van der Waals surface area contributed by atoms with E-state index in [4.69, 9.17) is 5.11 Å². The number of carbonyl (C=O) groups excluding carboxylic acids is 1. The van der Waals surface area contributed by atoms with Gasteiger partial charge in [-0.1, -0.05) is 13.3 Å². The van der Waals surface area contributed by atoms with Gasteiger partial charge in [-0.05, 0) is 24.5 Å². The van der Waals surface area contributed by atoms with Gasteiger partial charge in [-0.15, -0.1) is 0 Å². The Bertz CT molecular complexity index is 458. The predicted molar refractivity (Wildman–Crippen MR) is 65.5 cm³/mol. The Morgan fingerprint density at radius 3 is 2.78 bits per heavy atom. The molecule has 1 aliphatic carbocycles. The maximum atomic E-state index is 11.6. The number of carbonyl (C=O) groups is 2. The lowest BCUT2D eigenvalue weighted by Crippen LogP contribution is -2.31. The molecule has 1 fully saturated rings. The van der Waals surface area contributed by atoms with E-state index in [-0.39, 0.29) is 17.8 Å². The molecular formula is C12H15N3O3. The van der Waals surface area contributed by atoms with E-state index >= 15 is 0 Å². The van der Waals surface area contributed by atoms with Gasteiger partial charge in [-0.25, -0.2) is 14.6 Å². The molecule has 2 unspecified atom stereocenters. The second-order valence-corrected chi connectivity index (χ2v) is 4.35. The molecule has 1 aromatic heterocycles. The van der Waals surface area contributed by atoms with E-state index in [1.807, 2.05) is 0 Å². The van der Waals surface area contributed by atoms with Crippen LogP contribution < -0.4 is 10.6 Å². The zero-order valence-corrected chi connectivity index (χ0v) is 10.0. The molecule has 0 aromatic carbocycles. The standard InChI is InChI=1S/C12H15N3O3/c1-2-7-5-10(7)15-12(18)14-8-3-4-9(11(16)17)13-6-8/h3-4,6-7,10H,2,5H2,1H3,(H,16,17)(H2,14,15,18). The molecule has 1 aliphatic rings. The molecule has 2 amide bonds. The minimum atomic E-state index is -1.09. The van der Waals surface area contributed by atoms with E-state index in [9.17, 15) is 9.59 Å². The van der Waals surface area contributed by atoms with E-state index < -0.39 is 5.97 Å². The first-order chi connectivity index (χ1) is 8.60. The van der Waals surface area contributed by atoms with Crippen molar-refractivity contribution in [1.82, 2.24) is 10.3 Å². The summed E-state index contributed by atoms with van der Waals surface area (Å²) >= 11 is 0. The average molecular weight is 249 g/mol. The molecule has 1 aromatic rings. The Morgan fingerprint density at radius 1 is 1.50 bits per heavy atom. The van der Waals surface area contributed by atoms with Gasteiger partial charge in [0.1, 0.15) is 5.69 Å². The van der Waals surface area contributed by atoms with Crippen LogP contribution in [0, 0.1) is 5.92 Å². The molecule has 1 saturated carbocycles. The highest BCUT2D eigenvalue weighted by molar-refractivity contribution is 5.90. The zero-order chi connectivity index (χ0) is 13.1. The molecule has 0 saturated heterocycles. The molecular weight excluding hydrogens is 234 g/mol. The van der Waals surface area contributed by atoms with Gasteiger partial charge in [-0.3, -0.25) is 0 Å². The molecule has 0 spiro atoms. The molecule has 6 nitrogen and oxygen atoms in total. The molecule has 2 rings (SSSR count). The van der Waals surface area contributed by atoms with Crippen LogP contribution in [0.5, 0.6) is 0 Å². The van der Waals surface area contributed by atoms with E-state index in [2.05, 4.69) is 22.5 Å². The highest BCUT2D eigenvalue weighted by Gasteiger charge is 2.36. The van der Waals surface area contributed by atoms with Crippen molar-refractivity contribution in [3.8, 4) is 0 Å². The van der Waals surface area contributed by atoms with Crippen molar-refractivity contribution in [3.05, 3.63) is 24.0 Å². The number of aromatic carboxylic acids is 1. The first-order valence-electron chi connectivity index (χ1n) is 5.87. The molecule has 1 heterocycles. The number of aromatic nitrogens is 1. The van der Waals surface area contributed by atoms with Gasteiger partial charge in [0.25, 0.3) is 0 Å².